The van der Waals surface area contributed by atoms with Crippen molar-refractivity contribution in [3.63, 3.8) is 0 Å². The molecule has 2 aromatic carbocycles. The average molecular weight is 441 g/mol. The predicted octanol–water partition coefficient (Wildman–Crippen LogP) is 5.33. The first kappa shape index (κ1) is 19.8. The molecule has 1 aromatic heterocycles. The van der Waals surface area contributed by atoms with Gasteiger partial charge in [-0.25, -0.2) is 0 Å². The molecule has 0 radical (unpaired) electrons. The molecule has 0 spiro atoms. The fourth-order valence-electron chi connectivity index (χ4n) is 2.05. The van der Waals surface area contributed by atoms with Crippen LogP contribution in [0.2, 0.25) is 10.0 Å². The number of methoxy groups -OCH3 is 1. The average Bonchev–Trinajstić information content (AvgIpc) is 3.10. The molecule has 0 saturated carbocycles. The summed E-state index contributed by atoms with van der Waals surface area (Å²) in [4.78, 5) is 12.1. The highest BCUT2D eigenvalue weighted by atomic mass is 35.5. The molecule has 0 saturated heterocycles. The maximum absolute atomic E-state index is 12.1. The van der Waals surface area contributed by atoms with Crippen LogP contribution in [0.4, 0.5) is 16.5 Å². The number of nitrogens with one attached hydrogen (secondary N) is 2. The molecular formula is C17H14Cl2N4O2S2. The number of aromatic nitrogens is 2. The third kappa shape index (κ3) is 5.74. The molecule has 0 aliphatic heterocycles. The highest BCUT2D eigenvalue weighted by Crippen LogP contribution is 2.29. The van der Waals surface area contributed by atoms with Crippen molar-refractivity contribution in [3.05, 3.63) is 52.5 Å². The molecule has 140 valence electrons. The molecule has 3 aromatic rings. The molecule has 0 aliphatic rings. The molecule has 3 rings (SSSR count). The number of ether oxygens (including phenoxy) is 1. The number of thioether (sulfide) groups is 1. The van der Waals surface area contributed by atoms with Crippen molar-refractivity contribution < 1.29 is 9.53 Å². The van der Waals surface area contributed by atoms with Crippen molar-refractivity contribution in [3.8, 4) is 5.75 Å². The molecule has 0 bridgehead atoms. The number of rotatable bonds is 7. The molecule has 0 atom stereocenters. The van der Waals surface area contributed by atoms with Crippen LogP contribution in [0.1, 0.15) is 0 Å². The summed E-state index contributed by atoms with van der Waals surface area (Å²) in [5, 5.41) is 15.6. The van der Waals surface area contributed by atoms with E-state index in [4.69, 9.17) is 27.9 Å². The minimum absolute atomic E-state index is 0.187. The van der Waals surface area contributed by atoms with Gasteiger partial charge in [-0.2, -0.15) is 0 Å². The summed E-state index contributed by atoms with van der Waals surface area (Å²) in [6.45, 7) is 0. The quantitative estimate of drug-likeness (QED) is 0.483. The Labute approximate surface area is 174 Å². The highest BCUT2D eigenvalue weighted by molar-refractivity contribution is 8.01. The van der Waals surface area contributed by atoms with Crippen LogP contribution < -0.4 is 15.4 Å². The number of carbonyl (C=O) groups excluding carboxylic acids is 1. The zero-order valence-corrected chi connectivity index (χ0v) is 17.2. The van der Waals surface area contributed by atoms with E-state index in [1.807, 2.05) is 24.3 Å². The lowest BCUT2D eigenvalue weighted by Gasteiger charge is -2.06. The number of nitrogens with zero attached hydrogens (tertiary/aromatic N) is 2. The van der Waals surface area contributed by atoms with Crippen LogP contribution in [0, 0.1) is 0 Å². The number of hydrogen-bond acceptors (Lipinski definition) is 7. The van der Waals surface area contributed by atoms with E-state index < -0.39 is 0 Å². The largest absolute Gasteiger partial charge is 0.497 e. The van der Waals surface area contributed by atoms with Gasteiger partial charge in [0.2, 0.25) is 11.0 Å². The van der Waals surface area contributed by atoms with Crippen LogP contribution in [0.3, 0.4) is 0 Å². The molecule has 6 nitrogen and oxygen atoms in total. The Morgan fingerprint density at radius 1 is 1.22 bits per heavy atom. The van der Waals surface area contributed by atoms with Crippen LogP contribution >= 0.6 is 46.3 Å². The molecule has 0 unspecified atom stereocenters. The van der Waals surface area contributed by atoms with Crippen molar-refractivity contribution >= 4 is 68.7 Å². The summed E-state index contributed by atoms with van der Waals surface area (Å²) >= 11 is 14.5. The van der Waals surface area contributed by atoms with Gasteiger partial charge in [-0.15, -0.1) is 10.2 Å². The van der Waals surface area contributed by atoms with Gasteiger partial charge in [-0.05, 0) is 30.3 Å². The summed E-state index contributed by atoms with van der Waals surface area (Å²) in [5.74, 6) is 0.741. The molecule has 10 heteroatoms. The van der Waals surface area contributed by atoms with Gasteiger partial charge in [0.25, 0.3) is 0 Å². The standard InChI is InChI=1S/C17H14Cl2N4O2S2/c1-25-12-4-2-3-11(8-12)20-16-22-23-17(27-16)26-9-15(24)21-14-6-5-10(18)7-13(14)19/h2-8H,9H2,1H3,(H,20,22)(H,21,24). The maximum Gasteiger partial charge on any atom is 0.234 e. The van der Waals surface area contributed by atoms with Crippen molar-refractivity contribution in [2.24, 2.45) is 0 Å². The van der Waals surface area contributed by atoms with E-state index in [1.54, 1.807) is 25.3 Å². The number of amides is 1. The van der Waals surface area contributed by atoms with Gasteiger partial charge in [-0.1, -0.05) is 52.4 Å². The van der Waals surface area contributed by atoms with Crippen molar-refractivity contribution in [2.75, 3.05) is 23.5 Å². The van der Waals surface area contributed by atoms with Crippen molar-refractivity contribution in [1.29, 1.82) is 0 Å². The van der Waals surface area contributed by atoms with Gasteiger partial charge in [0, 0.05) is 16.8 Å². The normalized spacial score (nSPS) is 10.5. The summed E-state index contributed by atoms with van der Waals surface area (Å²) in [6.07, 6.45) is 0. The SMILES string of the molecule is COc1cccc(Nc2nnc(SCC(=O)Nc3ccc(Cl)cc3Cl)s2)c1. The zero-order chi connectivity index (χ0) is 19.2. The Morgan fingerprint density at radius 2 is 2.07 bits per heavy atom. The first-order valence-electron chi connectivity index (χ1n) is 7.66. The highest BCUT2D eigenvalue weighted by Gasteiger charge is 2.10. The van der Waals surface area contributed by atoms with Gasteiger partial charge in [-0.3, -0.25) is 4.79 Å². The fraction of sp³-hybridized carbons (Fsp3) is 0.118. The maximum atomic E-state index is 12.1. The van der Waals surface area contributed by atoms with Crippen LogP contribution in [0.5, 0.6) is 5.75 Å². The summed E-state index contributed by atoms with van der Waals surface area (Å²) in [5.41, 5.74) is 1.36. The molecule has 1 heterocycles. The van der Waals surface area contributed by atoms with Crippen LogP contribution in [-0.4, -0.2) is 29.0 Å². The topological polar surface area (TPSA) is 76.1 Å². The van der Waals surface area contributed by atoms with E-state index in [2.05, 4.69) is 20.8 Å². The monoisotopic (exact) mass is 440 g/mol. The van der Waals surface area contributed by atoms with Crippen LogP contribution in [0.15, 0.2) is 46.8 Å². The third-order valence-electron chi connectivity index (χ3n) is 3.26. The second-order valence-corrected chi connectivity index (χ2v) is 8.23. The summed E-state index contributed by atoms with van der Waals surface area (Å²) in [6, 6.07) is 12.4. The zero-order valence-electron chi connectivity index (χ0n) is 14.0. The van der Waals surface area contributed by atoms with Gasteiger partial charge in [0.1, 0.15) is 5.75 Å². The minimum atomic E-state index is -0.193. The van der Waals surface area contributed by atoms with Crippen molar-refractivity contribution in [2.45, 2.75) is 4.34 Å². The fourth-order valence-corrected chi connectivity index (χ4v) is 4.08. The van der Waals surface area contributed by atoms with E-state index in [0.29, 0.717) is 25.2 Å². The molecule has 0 aliphatic carbocycles. The lowest BCUT2D eigenvalue weighted by atomic mass is 10.3. The third-order valence-corrected chi connectivity index (χ3v) is 5.78. The first-order chi connectivity index (χ1) is 13.0. The molecule has 27 heavy (non-hydrogen) atoms. The van der Waals surface area contributed by atoms with E-state index in [0.717, 1.165) is 11.4 Å². The molecular weight excluding hydrogens is 427 g/mol. The number of carbonyl (C=O) groups is 1. The molecule has 0 fully saturated rings. The van der Waals surface area contributed by atoms with Gasteiger partial charge >= 0.3 is 0 Å². The Morgan fingerprint density at radius 3 is 2.85 bits per heavy atom. The summed E-state index contributed by atoms with van der Waals surface area (Å²) in [7, 11) is 1.61. The van der Waals surface area contributed by atoms with Crippen molar-refractivity contribution in [1.82, 2.24) is 10.2 Å². The Kier molecular flexibility index (Phi) is 6.78. The van der Waals surface area contributed by atoms with Crippen LogP contribution in [-0.2, 0) is 4.79 Å². The van der Waals surface area contributed by atoms with E-state index in [-0.39, 0.29) is 11.7 Å². The van der Waals surface area contributed by atoms with Gasteiger partial charge < -0.3 is 15.4 Å². The number of hydrogen-bond donors (Lipinski definition) is 2. The van der Waals surface area contributed by atoms with E-state index in [9.17, 15) is 4.79 Å². The van der Waals surface area contributed by atoms with E-state index >= 15 is 0 Å². The van der Waals surface area contributed by atoms with Crippen LogP contribution in [0.25, 0.3) is 0 Å². The Bertz CT molecular complexity index is 952. The van der Waals surface area contributed by atoms with Gasteiger partial charge in [0.05, 0.1) is 23.6 Å². The molecule has 2 N–H and O–H groups in total. The lowest BCUT2D eigenvalue weighted by molar-refractivity contribution is -0.113. The van der Waals surface area contributed by atoms with E-state index in [1.165, 1.54) is 23.1 Å². The Balaban J connectivity index is 1.53. The Hall–Kier alpha value is -2.00. The second kappa shape index (κ2) is 9.27. The first-order valence-corrected chi connectivity index (χ1v) is 10.2. The second-order valence-electron chi connectivity index (χ2n) is 5.19. The minimum Gasteiger partial charge on any atom is -0.497 e. The lowest BCUT2D eigenvalue weighted by Crippen LogP contribution is -2.14. The summed E-state index contributed by atoms with van der Waals surface area (Å²) < 4.78 is 5.87. The predicted molar refractivity (Wildman–Crippen MR) is 112 cm³/mol. The number of anilines is 3. The number of halogens is 2. The smallest absolute Gasteiger partial charge is 0.234 e. The number of benzene rings is 2. The van der Waals surface area contributed by atoms with Gasteiger partial charge in [0.15, 0.2) is 4.34 Å². The molecule has 1 amide bonds.